The summed E-state index contributed by atoms with van der Waals surface area (Å²) in [5, 5.41) is 0. The fourth-order valence-electron chi connectivity index (χ4n) is 5.60. The number of hydrogen-bond acceptors (Lipinski definition) is 4. The second-order valence-electron chi connectivity index (χ2n) is 9.48. The lowest BCUT2D eigenvalue weighted by Gasteiger charge is -2.47. The van der Waals surface area contributed by atoms with Crippen LogP contribution in [0.25, 0.3) is 6.08 Å². The summed E-state index contributed by atoms with van der Waals surface area (Å²) in [4.78, 5) is 20.5. The van der Waals surface area contributed by atoms with Crippen molar-refractivity contribution in [2.75, 3.05) is 57.4 Å². The standard InChI is InChI=1S/C28H35N3O2/c32-28(24-10-12-26(13-11-24)30-18-20-33-21-19-30)31-16-5-9-25-22-29(17-14-27(25)31)15-4-8-23-6-2-1-3-7-23/h1-4,6-8,10-13,25,27H,5,9,14-22H2/b8-4+/t25-,27-/m1/s1. The highest BCUT2D eigenvalue weighted by molar-refractivity contribution is 5.95. The summed E-state index contributed by atoms with van der Waals surface area (Å²) in [7, 11) is 0. The molecule has 33 heavy (non-hydrogen) atoms. The first-order valence-corrected chi connectivity index (χ1v) is 12.5. The third kappa shape index (κ3) is 5.31. The predicted octanol–water partition coefficient (Wildman–Crippen LogP) is 4.16. The molecule has 0 unspecified atom stereocenters. The molecule has 174 valence electrons. The Kier molecular flexibility index (Phi) is 7.08. The lowest BCUT2D eigenvalue weighted by molar-refractivity contribution is 0.0226. The molecule has 0 spiro atoms. The van der Waals surface area contributed by atoms with E-state index in [1.807, 2.05) is 12.1 Å². The molecule has 2 aromatic rings. The van der Waals surface area contributed by atoms with Crippen molar-refractivity contribution in [2.45, 2.75) is 25.3 Å². The van der Waals surface area contributed by atoms with Gasteiger partial charge in [0.15, 0.2) is 0 Å². The molecule has 1 amide bonds. The number of likely N-dealkylation sites (tertiary alicyclic amines) is 2. The summed E-state index contributed by atoms with van der Waals surface area (Å²) in [5.41, 5.74) is 3.26. The lowest BCUT2D eigenvalue weighted by Crippen LogP contribution is -2.55. The maximum absolute atomic E-state index is 13.4. The van der Waals surface area contributed by atoms with Gasteiger partial charge in [0.25, 0.3) is 5.91 Å². The van der Waals surface area contributed by atoms with Crippen LogP contribution in [0.2, 0.25) is 0 Å². The number of morpholine rings is 1. The van der Waals surface area contributed by atoms with Gasteiger partial charge in [-0.25, -0.2) is 0 Å². The summed E-state index contributed by atoms with van der Waals surface area (Å²) in [6.07, 6.45) is 7.89. The molecule has 3 heterocycles. The highest BCUT2D eigenvalue weighted by atomic mass is 16.5. The minimum absolute atomic E-state index is 0.204. The van der Waals surface area contributed by atoms with Crippen LogP contribution in [0.4, 0.5) is 5.69 Å². The Morgan fingerprint density at radius 2 is 1.73 bits per heavy atom. The summed E-state index contributed by atoms with van der Waals surface area (Å²) < 4.78 is 5.45. The van der Waals surface area contributed by atoms with Gasteiger partial charge in [-0.15, -0.1) is 0 Å². The van der Waals surface area contributed by atoms with Crippen molar-refractivity contribution in [1.29, 1.82) is 0 Å². The number of fused-ring (bicyclic) bond motifs is 1. The smallest absolute Gasteiger partial charge is 0.254 e. The molecule has 3 fully saturated rings. The molecule has 3 aliphatic heterocycles. The van der Waals surface area contributed by atoms with Crippen LogP contribution < -0.4 is 4.90 Å². The number of nitrogens with zero attached hydrogens (tertiary/aromatic N) is 3. The van der Waals surface area contributed by atoms with E-state index >= 15 is 0 Å². The van der Waals surface area contributed by atoms with Crippen LogP contribution in [0.5, 0.6) is 0 Å². The molecule has 0 radical (unpaired) electrons. The van der Waals surface area contributed by atoms with E-state index in [2.05, 4.69) is 69.3 Å². The summed E-state index contributed by atoms with van der Waals surface area (Å²) in [6.45, 7) is 7.39. The zero-order chi connectivity index (χ0) is 22.5. The van der Waals surface area contributed by atoms with Gasteiger partial charge in [0.05, 0.1) is 13.2 Å². The zero-order valence-electron chi connectivity index (χ0n) is 19.4. The van der Waals surface area contributed by atoms with Gasteiger partial charge in [-0.1, -0.05) is 42.5 Å². The van der Waals surface area contributed by atoms with Crippen LogP contribution in [0.15, 0.2) is 60.7 Å². The van der Waals surface area contributed by atoms with Gasteiger partial charge < -0.3 is 14.5 Å². The number of carbonyl (C=O) groups excluding carboxylic acids is 1. The number of rotatable bonds is 5. The minimum Gasteiger partial charge on any atom is -0.378 e. The first-order valence-electron chi connectivity index (χ1n) is 12.5. The molecule has 5 rings (SSSR count). The number of carbonyl (C=O) groups is 1. The van der Waals surface area contributed by atoms with Crippen molar-refractivity contribution in [3.63, 3.8) is 0 Å². The molecule has 2 atom stereocenters. The Morgan fingerprint density at radius 3 is 2.52 bits per heavy atom. The molecule has 3 saturated heterocycles. The number of ether oxygens (including phenoxy) is 1. The van der Waals surface area contributed by atoms with Crippen LogP contribution >= 0.6 is 0 Å². The molecule has 0 aromatic heterocycles. The second-order valence-corrected chi connectivity index (χ2v) is 9.48. The van der Waals surface area contributed by atoms with Crippen LogP contribution in [-0.4, -0.2) is 74.2 Å². The minimum atomic E-state index is 0.204. The topological polar surface area (TPSA) is 36.0 Å². The van der Waals surface area contributed by atoms with E-state index in [0.717, 1.165) is 70.9 Å². The molecule has 2 aromatic carbocycles. The highest BCUT2D eigenvalue weighted by Crippen LogP contribution is 2.32. The van der Waals surface area contributed by atoms with Crippen LogP contribution in [0.1, 0.15) is 35.2 Å². The number of benzene rings is 2. The van der Waals surface area contributed by atoms with E-state index < -0.39 is 0 Å². The average molecular weight is 446 g/mol. The van der Waals surface area contributed by atoms with Crippen molar-refractivity contribution in [3.8, 4) is 0 Å². The Bertz CT molecular complexity index is 937. The van der Waals surface area contributed by atoms with Gasteiger partial charge in [0.2, 0.25) is 0 Å². The molecule has 0 N–H and O–H groups in total. The zero-order valence-corrected chi connectivity index (χ0v) is 19.4. The van der Waals surface area contributed by atoms with Crippen molar-refractivity contribution in [3.05, 3.63) is 71.8 Å². The Hall–Kier alpha value is -2.63. The Balaban J connectivity index is 1.18. The number of hydrogen-bond donors (Lipinski definition) is 0. The van der Waals surface area contributed by atoms with E-state index in [1.54, 1.807) is 0 Å². The molecular formula is C28H35N3O2. The van der Waals surface area contributed by atoms with Crippen molar-refractivity contribution in [2.24, 2.45) is 5.92 Å². The number of anilines is 1. The molecule has 0 bridgehead atoms. The van der Waals surface area contributed by atoms with E-state index in [4.69, 9.17) is 4.74 Å². The molecular weight excluding hydrogens is 410 g/mol. The maximum Gasteiger partial charge on any atom is 0.254 e. The summed E-state index contributed by atoms with van der Waals surface area (Å²) in [6, 6.07) is 19.1. The van der Waals surface area contributed by atoms with Crippen molar-refractivity contribution >= 4 is 17.7 Å². The van der Waals surface area contributed by atoms with Crippen LogP contribution in [0, 0.1) is 5.92 Å². The first kappa shape index (κ1) is 22.2. The van der Waals surface area contributed by atoms with E-state index in [9.17, 15) is 4.79 Å². The molecule has 5 nitrogen and oxygen atoms in total. The van der Waals surface area contributed by atoms with Gasteiger partial charge in [0.1, 0.15) is 0 Å². The lowest BCUT2D eigenvalue weighted by atomic mass is 9.83. The Labute approximate surface area is 197 Å². The monoisotopic (exact) mass is 445 g/mol. The quantitative estimate of drug-likeness (QED) is 0.692. The number of amides is 1. The van der Waals surface area contributed by atoms with Gasteiger partial charge in [0, 0.05) is 56.6 Å². The summed E-state index contributed by atoms with van der Waals surface area (Å²) in [5.74, 6) is 0.782. The Morgan fingerprint density at radius 1 is 0.939 bits per heavy atom. The van der Waals surface area contributed by atoms with Gasteiger partial charge >= 0.3 is 0 Å². The van der Waals surface area contributed by atoms with Gasteiger partial charge in [-0.05, 0) is 55.0 Å². The second kappa shape index (κ2) is 10.5. The summed E-state index contributed by atoms with van der Waals surface area (Å²) >= 11 is 0. The van der Waals surface area contributed by atoms with Crippen molar-refractivity contribution in [1.82, 2.24) is 9.80 Å². The fraction of sp³-hybridized carbons (Fsp3) is 0.464. The van der Waals surface area contributed by atoms with Gasteiger partial charge in [-0.3, -0.25) is 9.69 Å². The third-order valence-electron chi connectivity index (χ3n) is 7.38. The largest absolute Gasteiger partial charge is 0.378 e. The average Bonchev–Trinajstić information content (AvgIpc) is 2.89. The predicted molar refractivity (Wildman–Crippen MR) is 134 cm³/mol. The molecule has 5 heteroatoms. The van der Waals surface area contributed by atoms with Crippen LogP contribution in [-0.2, 0) is 4.74 Å². The molecule has 0 aliphatic carbocycles. The van der Waals surface area contributed by atoms with E-state index in [1.165, 1.54) is 17.7 Å². The van der Waals surface area contributed by atoms with E-state index in [-0.39, 0.29) is 5.91 Å². The molecule has 3 aliphatic rings. The van der Waals surface area contributed by atoms with Crippen molar-refractivity contribution < 1.29 is 9.53 Å². The van der Waals surface area contributed by atoms with Crippen LogP contribution in [0.3, 0.4) is 0 Å². The maximum atomic E-state index is 13.4. The normalized spacial score (nSPS) is 24.1. The van der Waals surface area contributed by atoms with E-state index in [0.29, 0.717) is 12.0 Å². The SMILES string of the molecule is O=C(c1ccc(N2CCOCC2)cc1)N1CCC[C@@H]2CN(C/C=C/c3ccccc3)CC[C@H]21. The third-order valence-corrected chi connectivity index (χ3v) is 7.38. The first-order chi connectivity index (χ1) is 16.3. The highest BCUT2D eigenvalue weighted by Gasteiger charge is 2.38. The fourth-order valence-corrected chi connectivity index (χ4v) is 5.60. The molecule has 0 saturated carbocycles. The number of piperidine rings is 2. The van der Waals surface area contributed by atoms with Gasteiger partial charge in [-0.2, -0.15) is 0 Å².